The number of amides is 3. The number of rotatable bonds is 7. The highest BCUT2D eigenvalue weighted by Crippen LogP contribution is 2.38. The lowest BCUT2D eigenvalue weighted by atomic mass is 10.1. The third-order valence-corrected chi connectivity index (χ3v) is 5.90. The normalized spacial score (nSPS) is 13.6. The van der Waals surface area contributed by atoms with Gasteiger partial charge in [0.25, 0.3) is 17.7 Å². The second-order valence-electron chi connectivity index (χ2n) is 7.87. The van der Waals surface area contributed by atoms with Crippen molar-refractivity contribution in [2.24, 2.45) is 0 Å². The average Bonchev–Trinajstić information content (AvgIpc) is 3.11. The molecule has 12 heteroatoms. The molecule has 0 aromatic heterocycles. The zero-order valence-corrected chi connectivity index (χ0v) is 20.6. The molecule has 8 nitrogen and oxygen atoms in total. The third kappa shape index (κ3) is 5.14. The topological polar surface area (TPSA) is 97.0 Å². The van der Waals surface area contributed by atoms with Crippen molar-refractivity contribution < 1.29 is 37.0 Å². The molecule has 0 atom stereocenters. The van der Waals surface area contributed by atoms with Gasteiger partial charge in [-0.2, -0.15) is 13.2 Å². The zero-order valence-electron chi connectivity index (χ0n) is 19.9. The number of halogens is 4. The molecule has 1 aliphatic heterocycles. The summed E-state index contributed by atoms with van der Waals surface area (Å²) in [6.07, 6.45) is -4.64. The summed E-state index contributed by atoms with van der Waals surface area (Å²) in [7, 11) is 2.81. The van der Waals surface area contributed by atoms with Gasteiger partial charge >= 0.3 is 6.18 Å². The van der Waals surface area contributed by atoms with Crippen LogP contribution in [0.4, 0.5) is 30.2 Å². The minimum absolute atomic E-state index is 0.0594. The van der Waals surface area contributed by atoms with E-state index in [1.165, 1.54) is 62.8 Å². The van der Waals surface area contributed by atoms with E-state index in [1.807, 2.05) is 0 Å². The number of para-hydroxylation sites is 1. The summed E-state index contributed by atoms with van der Waals surface area (Å²) in [4.78, 5) is 39.4. The van der Waals surface area contributed by atoms with Gasteiger partial charge in [-0.1, -0.05) is 23.7 Å². The molecule has 0 bridgehead atoms. The first kappa shape index (κ1) is 26.6. The van der Waals surface area contributed by atoms with E-state index in [4.69, 9.17) is 21.1 Å². The van der Waals surface area contributed by atoms with Crippen molar-refractivity contribution in [2.45, 2.75) is 6.18 Å². The Hall–Kier alpha value is -4.51. The van der Waals surface area contributed by atoms with Crippen LogP contribution in [0.1, 0.15) is 15.9 Å². The molecule has 3 amide bonds. The van der Waals surface area contributed by atoms with Crippen LogP contribution in [0, 0.1) is 0 Å². The first-order chi connectivity index (χ1) is 18.0. The standard InChI is InChI=1S/C26H19ClF3N3O5/c1-37-16-11-12-20(38-2)19(13-16)33-24(35)21(27)22(25(33)36)31-15-9-7-14(8-10-15)23(34)32-18-6-4-3-5-17(18)26(28,29)30/h3-13,31H,1-2H3,(H,32,34). The van der Waals surface area contributed by atoms with E-state index in [0.717, 1.165) is 17.0 Å². The van der Waals surface area contributed by atoms with Crippen molar-refractivity contribution in [2.75, 3.05) is 29.8 Å². The van der Waals surface area contributed by atoms with Crippen molar-refractivity contribution in [1.29, 1.82) is 0 Å². The number of anilines is 3. The van der Waals surface area contributed by atoms with E-state index >= 15 is 0 Å². The summed E-state index contributed by atoms with van der Waals surface area (Å²) >= 11 is 6.19. The molecule has 0 spiro atoms. The lowest BCUT2D eigenvalue weighted by Crippen LogP contribution is -2.32. The Labute approximate surface area is 219 Å². The van der Waals surface area contributed by atoms with E-state index in [1.54, 1.807) is 6.07 Å². The largest absolute Gasteiger partial charge is 0.497 e. The van der Waals surface area contributed by atoms with Crippen molar-refractivity contribution >= 4 is 46.4 Å². The highest BCUT2D eigenvalue weighted by atomic mass is 35.5. The highest BCUT2D eigenvalue weighted by molar-refractivity contribution is 6.53. The molecule has 0 saturated carbocycles. The fraction of sp³-hybridized carbons (Fsp3) is 0.115. The molecule has 1 heterocycles. The number of carbonyl (C=O) groups excluding carboxylic acids is 3. The summed E-state index contributed by atoms with van der Waals surface area (Å²) in [6, 6.07) is 14.7. The van der Waals surface area contributed by atoms with Crippen molar-refractivity contribution in [1.82, 2.24) is 0 Å². The number of ether oxygens (including phenoxy) is 2. The van der Waals surface area contributed by atoms with Crippen LogP contribution in [-0.4, -0.2) is 31.9 Å². The first-order valence-corrected chi connectivity index (χ1v) is 11.3. The van der Waals surface area contributed by atoms with Gasteiger partial charge in [-0.3, -0.25) is 14.4 Å². The number of nitrogens with zero attached hydrogens (tertiary/aromatic N) is 1. The van der Waals surface area contributed by atoms with Gasteiger partial charge in [-0.15, -0.1) is 0 Å². The smallest absolute Gasteiger partial charge is 0.418 e. The van der Waals surface area contributed by atoms with E-state index in [0.29, 0.717) is 11.4 Å². The van der Waals surface area contributed by atoms with Gasteiger partial charge in [0.05, 0.1) is 31.2 Å². The maximum absolute atomic E-state index is 13.2. The van der Waals surface area contributed by atoms with Crippen LogP contribution in [0.15, 0.2) is 77.5 Å². The van der Waals surface area contributed by atoms with Crippen LogP contribution in [-0.2, 0) is 15.8 Å². The average molecular weight is 546 g/mol. The van der Waals surface area contributed by atoms with Gasteiger partial charge in [0.15, 0.2) is 0 Å². The number of methoxy groups -OCH3 is 2. The second-order valence-corrected chi connectivity index (χ2v) is 8.25. The molecule has 3 aromatic carbocycles. The zero-order chi connectivity index (χ0) is 27.6. The minimum Gasteiger partial charge on any atom is -0.497 e. The lowest BCUT2D eigenvalue weighted by molar-refractivity contribution is -0.137. The second kappa shape index (κ2) is 10.5. The molecule has 0 unspecified atom stereocenters. The Morgan fingerprint density at radius 2 is 1.61 bits per heavy atom. The highest BCUT2D eigenvalue weighted by Gasteiger charge is 2.40. The van der Waals surface area contributed by atoms with Crippen molar-refractivity contribution in [3.8, 4) is 11.5 Å². The number of benzene rings is 3. The maximum atomic E-state index is 13.2. The molecule has 4 rings (SSSR count). The Balaban J connectivity index is 1.52. The summed E-state index contributed by atoms with van der Waals surface area (Å²) < 4.78 is 50.1. The van der Waals surface area contributed by atoms with E-state index in [2.05, 4.69) is 10.6 Å². The van der Waals surface area contributed by atoms with Crippen LogP contribution >= 0.6 is 11.6 Å². The molecule has 196 valence electrons. The summed E-state index contributed by atoms with van der Waals surface area (Å²) in [5.41, 5.74) is -1.09. The molecule has 0 fully saturated rings. The fourth-order valence-corrected chi connectivity index (χ4v) is 3.90. The molecule has 38 heavy (non-hydrogen) atoms. The Bertz CT molecular complexity index is 1460. The number of alkyl halides is 3. The minimum atomic E-state index is -4.64. The van der Waals surface area contributed by atoms with E-state index in [-0.39, 0.29) is 33.4 Å². The fourth-order valence-electron chi connectivity index (χ4n) is 3.68. The van der Waals surface area contributed by atoms with E-state index < -0.39 is 29.5 Å². The third-order valence-electron chi connectivity index (χ3n) is 5.55. The van der Waals surface area contributed by atoms with Gasteiger partial charge in [0.2, 0.25) is 0 Å². The monoisotopic (exact) mass is 545 g/mol. The van der Waals surface area contributed by atoms with E-state index in [9.17, 15) is 27.6 Å². The van der Waals surface area contributed by atoms with Gasteiger partial charge in [-0.05, 0) is 48.5 Å². The van der Waals surface area contributed by atoms with Crippen LogP contribution in [0.2, 0.25) is 0 Å². The van der Waals surface area contributed by atoms with Crippen LogP contribution < -0.4 is 25.0 Å². The van der Waals surface area contributed by atoms with Gasteiger partial charge in [-0.25, -0.2) is 4.90 Å². The molecule has 0 saturated heterocycles. The van der Waals surface area contributed by atoms with Gasteiger partial charge in [0.1, 0.15) is 22.2 Å². The quantitative estimate of drug-likeness (QED) is 0.385. The SMILES string of the molecule is COc1ccc(OC)c(N2C(=O)C(Cl)=C(Nc3ccc(C(=O)Nc4ccccc4C(F)(F)F)cc3)C2=O)c1. The molecule has 1 aliphatic rings. The van der Waals surface area contributed by atoms with Crippen LogP contribution in [0.25, 0.3) is 0 Å². The number of carbonyl (C=O) groups is 3. The first-order valence-electron chi connectivity index (χ1n) is 10.9. The molecular formula is C26H19ClF3N3O5. The maximum Gasteiger partial charge on any atom is 0.418 e. The number of hydrogen-bond acceptors (Lipinski definition) is 6. The van der Waals surface area contributed by atoms with Gasteiger partial charge < -0.3 is 20.1 Å². The van der Waals surface area contributed by atoms with Crippen molar-refractivity contribution in [3.63, 3.8) is 0 Å². The summed E-state index contributed by atoms with van der Waals surface area (Å²) in [6.45, 7) is 0. The summed E-state index contributed by atoms with van der Waals surface area (Å²) in [5, 5.41) is 4.65. The molecule has 0 aliphatic carbocycles. The number of imide groups is 1. The van der Waals surface area contributed by atoms with Gasteiger partial charge in [0, 0.05) is 17.3 Å². The Morgan fingerprint density at radius 1 is 0.921 bits per heavy atom. The molecule has 0 radical (unpaired) electrons. The van der Waals surface area contributed by atoms with Crippen LogP contribution in [0.3, 0.4) is 0 Å². The molecule has 2 N–H and O–H groups in total. The predicted octanol–water partition coefficient (Wildman–Crippen LogP) is 5.41. The number of nitrogens with one attached hydrogen (secondary N) is 2. The lowest BCUT2D eigenvalue weighted by Gasteiger charge is -2.19. The molecule has 3 aromatic rings. The summed E-state index contributed by atoms with van der Waals surface area (Å²) in [5.74, 6) is -1.69. The predicted molar refractivity (Wildman–Crippen MR) is 134 cm³/mol. The Morgan fingerprint density at radius 3 is 2.24 bits per heavy atom. The Kier molecular flexibility index (Phi) is 7.31. The van der Waals surface area contributed by atoms with Crippen molar-refractivity contribution in [3.05, 3.63) is 88.6 Å². The van der Waals surface area contributed by atoms with Crippen LogP contribution in [0.5, 0.6) is 11.5 Å². The molecular weight excluding hydrogens is 527 g/mol. The number of hydrogen-bond donors (Lipinski definition) is 2.